The molecule has 0 fully saturated rings. The predicted octanol–water partition coefficient (Wildman–Crippen LogP) is 3.75. The number of amides is 2. The monoisotopic (exact) mass is 493 g/mol. The van der Waals surface area contributed by atoms with Gasteiger partial charge >= 0.3 is 0 Å². The summed E-state index contributed by atoms with van der Waals surface area (Å²) in [6, 6.07) is 13.0. The molecule has 0 radical (unpaired) electrons. The van der Waals surface area contributed by atoms with Gasteiger partial charge in [-0.2, -0.15) is 0 Å². The number of aryl methyl sites for hydroxylation is 1. The number of carbonyl (C=O) groups excluding carboxylic acids is 2. The van der Waals surface area contributed by atoms with Crippen molar-refractivity contribution in [1.82, 2.24) is 10.2 Å². The van der Waals surface area contributed by atoms with E-state index in [-0.39, 0.29) is 18.5 Å². The number of rotatable bonds is 10. The van der Waals surface area contributed by atoms with Gasteiger partial charge < -0.3 is 10.2 Å². The summed E-state index contributed by atoms with van der Waals surface area (Å²) in [5, 5.41) is 3.36. The number of hydrogen-bond donors (Lipinski definition) is 1. The molecule has 0 aliphatic rings. The number of nitrogens with zero attached hydrogens (tertiary/aromatic N) is 2. The summed E-state index contributed by atoms with van der Waals surface area (Å²) in [6.45, 7) is 7.19. The maximum Gasteiger partial charge on any atom is 0.244 e. The van der Waals surface area contributed by atoms with E-state index in [1.807, 2.05) is 45.0 Å². The molecule has 0 saturated carbocycles. The van der Waals surface area contributed by atoms with Crippen molar-refractivity contribution in [2.75, 3.05) is 17.1 Å². The van der Waals surface area contributed by atoms with E-state index in [2.05, 4.69) is 5.32 Å². The second-order valence-electron chi connectivity index (χ2n) is 8.25. The number of carbonyl (C=O) groups is 2. The number of halogens is 1. The summed E-state index contributed by atoms with van der Waals surface area (Å²) in [5.41, 5.74) is 2.20. The van der Waals surface area contributed by atoms with Gasteiger partial charge in [0.15, 0.2) is 0 Å². The largest absolute Gasteiger partial charge is 0.352 e. The first-order chi connectivity index (χ1) is 15.4. The molecular formula is C24H32ClN3O4S. The van der Waals surface area contributed by atoms with Crippen LogP contribution in [-0.4, -0.2) is 50.0 Å². The van der Waals surface area contributed by atoms with Gasteiger partial charge in [-0.05, 0) is 57.0 Å². The zero-order valence-corrected chi connectivity index (χ0v) is 21.3. The van der Waals surface area contributed by atoms with Crippen LogP contribution in [0.1, 0.15) is 38.3 Å². The van der Waals surface area contributed by atoms with Gasteiger partial charge in [0.25, 0.3) is 0 Å². The summed E-state index contributed by atoms with van der Waals surface area (Å²) in [7, 11) is -3.77. The predicted molar refractivity (Wildman–Crippen MR) is 133 cm³/mol. The first-order valence-electron chi connectivity index (χ1n) is 10.8. The van der Waals surface area contributed by atoms with Crippen LogP contribution in [0.4, 0.5) is 5.69 Å². The molecule has 2 unspecified atom stereocenters. The molecule has 2 aromatic rings. The van der Waals surface area contributed by atoms with Crippen LogP contribution in [0, 0.1) is 6.92 Å². The molecule has 0 aliphatic carbocycles. The Morgan fingerprint density at radius 2 is 1.73 bits per heavy atom. The van der Waals surface area contributed by atoms with Crippen molar-refractivity contribution in [3.8, 4) is 0 Å². The van der Waals surface area contributed by atoms with E-state index in [9.17, 15) is 18.0 Å². The van der Waals surface area contributed by atoms with Crippen molar-refractivity contribution < 1.29 is 18.0 Å². The summed E-state index contributed by atoms with van der Waals surface area (Å²) in [5.74, 6) is -0.772. The lowest BCUT2D eigenvalue weighted by Crippen LogP contribution is -2.52. The van der Waals surface area contributed by atoms with Crippen LogP contribution in [0.3, 0.4) is 0 Å². The normalized spacial score (nSPS) is 13.2. The standard InChI is InChI=1S/C24H32ClN3O4S/c1-6-18(3)26-24(30)19(4)27(15-20-9-7-8-17(2)14-20)23(29)16-28(33(5,31)32)22-12-10-21(25)11-13-22/h7-14,18-19H,6,15-16H2,1-5H3,(H,26,30). The SMILES string of the molecule is CCC(C)NC(=O)C(C)N(Cc1cccc(C)c1)C(=O)CN(c1ccc(Cl)cc1)S(C)(=O)=O. The van der Waals surface area contributed by atoms with Crippen LogP contribution in [0.5, 0.6) is 0 Å². The Hall–Kier alpha value is -2.58. The van der Waals surface area contributed by atoms with Crippen molar-refractivity contribution in [3.63, 3.8) is 0 Å². The Bertz CT molecular complexity index is 1070. The molecule has 0 bridgehead atoms. The molecule has 2 rings (SSSR count). The molecule has 0 saturated heterocycles. The molecule has 33 heavy (non-hydrogen) atoms. The lowest BCUT2D eigenvalue weighted by molar-refractivity contribution is -0.139. The number of nitrogens with one attached hydrogen (secondary N) is 1. The van der Waals surface area contributed by atoms with Gasteiger partial charge in [0.1, 0.15) is 12.6 Å². The molecule has 0 spiro atoms. The minimum absolute atomic E-state index is 0.0440. The average molecular weight is 494 g/mol. The van der Waals surface area contributed by atoms with Crippen LogP contribution in [0.25, 0.3) is 0 Å². The fraction of sp³-hybridized carbons (Fsp3) is 0.417. The van der Waals surface area contributed by atoms with Crippen molar-refractivity contribution in [2.24, 2.45) is 0 Å². The highest BCUT2D eigenvalue weighted by Gasteiger charge is 2.30. The minimum Gasteiger partial charge on any atom is -0.352 e. The number of anilines is 1. The zero-order chi connectivity index (χ0) is 24.8. The summed E-state index contributed by atoms with van der Waals surface area (Å²) in [4.78, 5) is 27.7. The maximum absolute atomic E-state index is 13.4. The minimum atomic E-state index is -3.77. The molecule has 2 amide bonds. The van der Waals surface area contributed by atoms with Gasteiger partial charge in [0.05, 0.1) is 11.9 Å². The topological polar surface area (TPSA) is 86.8 Å². The number of hydrogen-bond acceptors (Lipinski definition) is 4. The molecule has 0 aromatic heterocycles. The van der Waals surface area contributed by atoms with Crippen LogP contribution in [0.15, 0.2) is 48.5 Å². The average Bonchev–Trinajstić information content (AvgIpc) is 2.75. The van der Waals surface area contributed by atoms with Gasteiger partial charge in [0, 0.05) is 17.6 Å². The first kappa shape index (κ1) is 26.7. The van der Waals surface area contributed by atoms with Gasteiger partial charge in [0.2, 0.25) is 21.8 Å². The Morgan fingerprint density at radius 3 is 2.27 bits per heavy atom. The van der Waals surface area contributed by atoms with Gasteiger partial charge in [-0.3, -0.25) is 13.9 Å². The molecule has 2 aromatic carbocycles. The lowest BCUT2D eigenvalue weighted by Gasteiger charge is -2.32. The third-order valence-corrected chi connectivity index (χ3v) is 6.79. The Morgan fingerprint density at radius 1 is 1.09 bits per heavy atom. The van der Waals surface area contributed by atoms with E-state index in [1.165, 1.54) is 4.90 Å². The van der Waals surface area contributed by atoms with Crippen molar-refractivity contribution >= 4 is 39.1 Å². The van der Waals surface area contributed by atoms with Crippen molar-refractivity contribution in [2.45, 2.75) is 52.7 Å². The second-order valence-corrected chi connectivity index (χ2v) is 10.6. The van der Waals surface area contributed by atoms with E-state index in [1.54, 1.807) is 31.2 Å². The van der Waals surface area contributed by atoms with Crippen molar-refractivity contribution in [3.05, 3.63) is 64.7 Å². The van der Waals surface area contributed by atoms with Crippen molar-refractivity contribution in [1.29, 1.82) is 0 Å². The van der Waals surface area contributed by atoms with E-state index in [4.69, 9.17) is 11.6 Å². The fourth-order valence-corrected chi connectivity index (χ4v) is 4.25. The second kappa shape index (κ2) is 11.5. The molecule has 180 valence electrons. The first-order valence-corrected chi connectivity index (χ1v) is 13.0. The van der Waals surface area contributed by atoms with Crippen LogP contribution in [-0.2, 0) is 26.2 Å². The van der Waals surface area contributed by atoms with E-state index in [0.29, 0.717) is 10.7 Å². The molecule has 0 heterocycles. The van der Waals surface area contributed by atoms with Gasteiger partial charge in [-0.15, -0.1) is 0 Å². The number of benzene rings is 2. The van der Waals surface area contributed by atoms with E-state index < -0.39 is 28.5 Å². The van der Waals surface area contributed by atoms with E-state index >= 15 is 0 Å². The molecular weight excluding hydrogens is 462 g/mol. The Balaban J connectivity index is 2.37. The smallest absolute Gasteiger partial charge is 0.244 e. The highest BCUT2D eigenvalue weighted by atomic mass is 35.5. The molecule has 9 heteroatoms. The van der Waals surface area contributed by atoms with Gasteiger partial charge in [-0.25, -0.2) is 8.42 Å². The zero-order valence-electron chi connectivity index (χ0n) is 19.7. The van der Waals surface area contributed by atoms with Crippen LogP contribution >= 0.6 is 11.6 Å². The Kier molecular flexibility index (Phi) is 9.31. The molecule has 1 N–H and O–H groups in total. The quantitative estimate of drug-likeness (QED) is 0.546. The van der Waals surface area contributed by atoms with E-state index in [0.717, 1.165) is 28.1 Å². The summed E-state index contributed by atoms with van der Waals surface area (Å²) >= 11 is 5.93. The summed E-state index contributed by atoms with van der Waals surface area (Å²) in [6.07, 6.45) is 1.79. The van der Waals surface area contributed by atoms with Crippen LogP contribution < -0.4 is 9.62 Å². The third kappa shape index (κ3) is 7.75. The highest BCUT2D eigenvalue weighted by molar-refractivity contribution is 7.92. The number of sulfonamides is 1. The lowest BCUT2D eigenvalue weighted by atomic mass is 10.1. The van der Waals surface area contributed by atoms with Gasteiger partial charge in [-0.1, -0.05) is 48.4 Å². The van der Waals surface area contributed by atoms with Crippen LogP contribution in [0.2, 0.25) is 5.02 Å². The molecule has 7 nitrogen and oxygen atoms in total. The third-order valence-electron chi connectivity index (χ3n) is 5.40. The molecule has 0 aliphatic heterocycles. The maximum atomic E-state index is 13.4. The fourth-order valence-electron chi connectivity index (χ4n) is 3.28. The highest BCUT2D eigenvalue weighted by Crippen LogP contribution is 2.21. The summed E-state index contributed by atoms with van der Waals surface area (Å²) < 4.78 is 26.0. The Labute approximate surface area is 201 Å². The molecule has 2 atom stereocenters.